The highest BCUT2D eigenvalue weighted by Crippen LogP contribution is 2.00. The first-order chi connectivity index (χ1) is 12.9. The van der Waals surface area contributed by atoms with Crippen molar-refractivity contribution in [2.24, 2.45) is 0 Å². The summed E-state index contributed by atoms with van der Waals surface area (Å²) in [5, 5.41) is 46.4. The molecule has 0 rings (SSSR count). The van der Waals surface area contributed by atoms with Gasteiger partial charge in [0.1, 0.15) is 6.10 Å². The van der Waals surface area contributed by atoms with Crippen LogP contribution in [0.4, 0.5) is 0 Å². The molecular weight excluding hydrogens is 368 g/mol. The van der Waals surface area contributed by atoms with E-state index >= 15 is 0 Å². The number of aliphatic hydroxyl groups excluding tert-OH is 5. The van der Waals surface area contributed by atoms with Gasteiger partial charge in [0.15, 0.2) is 0 Å². The molecule has 0 heterocycles. The first-order valence-corrected chi connectivity index (χ1v) is 9.90. The molecule has 0 saturated carbocycles. The number of hydrogen-bond acceptors (Lipinski definition) is 9. The predicted molar refractivity (Wildman–Crippen MR) is 108 cm³/mol. The van der Waals surface area contributed by atoms with Crippen molar-refractivity contribution in [3.8, 4) is 0 Å². The van der Waals surface area contributed by atoms with Crippen molar-refractivity contribution in [3.05, 3.63) is 0 Å². The van der Waals surface area contributed by atoms with Gasteiger partial charge in [-0.15, -0.1) is 0 Å². The number of aliphatic hydroxyl groups is 5. The second-order valence-corrected chi connectivity index (χ2v) is 7.34. The van der Waals surface area contributed by atoms with E-state index in [1.807, 2.05) is 9.80 Å². The second-order valence-electron chi connectivity index (χ2n) is 7.34. The summed E-state index contributed by atoms with van der Waals surface area (Å²) in [6.07, 6.45) is -2.78. The van der Waals surface area contributed by atoms with E-state index in [1.54, 1.807) is 34.6 Å². The number of rotatable bonds is 13. The number of carbonyl (C=O) groups is 1. The van der Waals surface area contributed by atoms with E-state index in [9.17, 15) is 25.2 Å². The van der Waals surface area contributed by atoms with Crippen molar-refractivity contribution < 1.29 is 35.1 Å². The number of esters is 1. The predicted octanol–water partition coefficient (Wildman–Crippen LogP) is -0.956. The van der Waals surface area contributed by atoms with E-state index < -0.39 is 36.5 Å². The first kappa shape index (κ1) is 29.4. The Balaban J connectivity index is 0. The van der Waals surface area contributed by atoms with E-state index in [0.717, 1.165) is 0 Å². The molecule has 0 aliphatic heterocycles. The Kier molecular flexibility index (Phi) is 17.9. The molecule has 0 aromatic carbocycles. The molecule has 5 unspecified atom stereocenters. The molecule has 0 aliphatic rings. The molecule has 28 heavy (non-hydrogen) atoms. The highest BCUT2D eigenvalue weighted by atomic mass is 16.5. The standard InChI is InChI=1S/C14H32N2O4.C5H10O3/c1-11(17)7-15(8-12(2)18)5-6-16(9-13(3)19)10-14(4)20;1-3-8-5(7)4(2)6/h11-14,17-20H,5-10H2,1-4H3;4,6H,3H2,1-2H3. The van der Waals surface area contributed by atoms with Crippen LogP contribution in [-0.4, -0.2) is 118 Å². The Bertz CT molecular complexity index is 333. The Morgan fingerprint density at radius 2 is 1.00 bits per heavy atom. The summed E-state index contributed by atoms with van der Waals surface area (Å²) >= 11 is 0. The SMILES string of the molecule is CC(O)CN(CCN(CC(C)O)CC(C)O)CC(C)O.CCOC(=O)C(C)O. The van der Waals surface area contributed by atoms with Crippen molar-refractivity contribution in [2.75, 3.05) is 45.9 Å². The van der Waals surface area contributed by atoms with Crippen LogP contribution in [0.3, 0.4) is 0 Å². The zero-order valence-corrected chi connectivity index (χ0v) is 18.3. The number of ether oxygens (including phenoxy) is 1. The van der Waals surface area contributed by atoms with Gasteiger partial charge in [0.2, 0.25) is 0 Å². The lowest BCUT2D eigenvalue weighted by Gasteiger charge is -2.30. The number of carbonyl (C=O) groups excluding carboxylic acids is 1. The summed E-state index contributed by atoms with van der Waals surface area (Å²) in [4.78, 5) is 14.3. The monoisotopic (exact) mass is 410 g/mol. The molecule has 0 amide bonds. The minimum absolute atomic E-state index is 0.323. The van der Waals surface area contributed by atoms with Crippen LogP contribution in [0.1, 0.15) is 41.5 Å². The molecule has 0 spiro atoms. The molecule has 5 atom stereocenters. The summed E-state index contributed by atoms with van der Waals surface area (Å²) < 4.78 is 4.41. The normalized spacial score (nSPS) is 16.8. The summed E-state index contributed by atoms with van der Waals surface area (Å²) in [5.41, 5.74) is 0. The van der Waals surface area contributed by atoms with E-state index in [-0.39, 0.29) is 0 Å². The molecule has 0 aliphatic carbocycles. The Morgan fingerprint density at radius 3 is 1.14 bits per heavy atom. The summed E-state index contributed by atoms with van der Waals surface area (Å²) in [7, 11) is 0. The van der Waals surface area contributed by atoms with Gasteiger partial charge in [0.25, 0.3) is 0 Å². The van der Waals surface area contributed by atoms with Gasteiger partial charge in [-0.1, -0.05) is 0 Å². The third kappa shape index (κ3) is 19.9. The zero-order valence-electron chi connectivity index (χ0n) is 18.3. The molecule has 5 N–H and O–H groups in total. The van der Waals surface area contributed by atoms with Crippen molar-refractivity contribution in [3.63, 3.8) is 0 Å². The second kappa shape index (κ2) is 17.1. The van der Waals surface area contributed by atoms with Gasteiger partial charge in [-0.25, -0.2) is 4.79 Å². The Labute approximate surface area is 169 Å². The maximum Gasteiger partial charge on any atom is 0.334 e. The molecule has 0 fully saturated rings. The molecule has 170 valence electrons. The van der Waals surface area contributed by atoms with Crippen molar-refractivity contribution >= 4 is 5.97 Å². The van der Waals surface area contributed by atoms with Crippen LogP contribution in [0.2, 0.25) is 0 Å². The Morgan fingerprint density at radius 1 is 0.714 bits per heavy atom. The fourth-order valence-corrected chi connectivity index (χ4v) is 2.55. The fourth-order valence-electron chi connectivity index (χ4n) is 2.55. The van der Waals surface area contributed by atoms with E-state index in [4.69, 9.17) is 5.11 Å². The third-order valence-electron chi connectivity index (χ3n) is 3.45. The van der Waals surface area contributed by atoms with Crippen LogP contribution in [0, 0.1) is 0 Å². The van der Waals surface area contributed by atoms with Gasteiger partial charge in [0, 0.05) is 39.3 Å². The molecular formula is C19H42N2O7. The van der Waals surface area contributed by atoms with Crippen LogP contribution in [0.25, 0.3) is 0 Å². The van der Waals surface area contributed by atoms with Crippen LogP contribution >= 0.6 is 0 Å². The lowest BCUT2D eigenvalue weighted by molar-refractivity contribution is -0.151. The average molecular weight is 411 g/mol. The minimum atomic E-state index is -0.991. The maximum absolute atomic E-state index is 10.3. The molecule has 0 radical (unpaired) electrons. The van der Waals surface area contributed by atoms with Crippen LogP contribution in [-0.2, 0) is 9.53 Å². The lowest BCUT2D eigenvalue weighted by atomic mass is 10.2. The molecule has 0 aromatic rings. The van der Waals surface area contributed by atoms with Gasteiger partial charge in [-0.3, -0.25) is 9.80 Å². The van der Waals surface area contributed by atoms with Crippen LogP contribution < -0.4 is 0 Å². The van der Waals surface area contributed by atoms with Gasteiger partial charge < -0.3 is 30.3 Å². The fraction of sp³-hybridized carbons (Fsp3) is 0.947. The van der Waals surface area contributed by atoms with Crippen LogP contribution in [0.5, 0.6) is 0 Å². The van der Waals surface area contributed by atoms with Gasteiger partial charge >= 0.3 is 5.97 Å². The topological polar surface area (TPSA) is 134 Å². The summed E-state index contributed by atoms with van der Waals surface area (Å²) in [5.74, 6) is -0.562. The minimum Gasteiger partial charge on any atom is -0.464 e. The Hall–Kier alpha value is -0.810. The molecule has 9 nitrogen and oxygen atoms in total. The third-order valence-corrected chi connectivity index (χ3v) is 3.45. The van der Waals surface area contributed by atoms with Crippen molar-refractivity contribution in [2.45, 2.75) is 72.1 Å². The zero-order chi connectivity index (χ0) is 22.3. The van der Waals surface area contributed by atoms with Crippen molar-refractivity contribution in [1.82, 2.24) is 9.80 Å². The summed E-state index contributed by atoms with van der Waals surface area (Å²) in [6.45, 7) is 13.6. The molecule has 0 saturated heterocycles. The van der Waals surface area contributed by atoms with Crippen LogP contribution in [0.15, 0.2) is 0 Å². The van der Waals surface area contributed by atoms with E-state index in [1.165, 1.54) is 6.92 Å². The maximum atomic E-state index is 10.3. The highest BCUT2D eigenvalue weighted by molar-refractivity contribution is 5.73. The van der Waals surface area contributed by atoms with Gasteiger partial charge in [0.05, 0.1) is 31.0 Å². The smallest absolute Gasteiger partial charge is 0.334 e. The van der Waals surface area contributed by atoms with Gasteiger partial charge in [-0.05, 0) is 41.5 Å². The lowest BCUT2D eigenvalue weighted by Crippen LogP contribution is -2.44. The quantitative estimate of drug-likeness (QED) is 0.243. The molecule has 9 heteroatoms. The molecule has 0 bridgehead atoms. The average Bonchev–Trinajstić information content (AvgIpc) is 2.51. The first-order valence-electron chi connectivity index (χ1n) is 9.90. The summed E-state index contributed by atoms with van der Waals surface area (Å²) in [6, 6.07) is 0. The van der Waals surface area contributed by atoms with Gasteiger partial charge in [-0.2, -0.15) is 0 Å². The molecule has 0 aromatic heterocycles. The highest BCUT2D eigenvalue weighted by Gasteiger charge is 2.15. The van der Waals surface area contributed by atoms with Crippen molar-refractivity contribution in [1.29, 1.82) is 0 Å². The number of nitrogens with zero attached hydrogens (tertiary/aromatic N) is 2. The number of hydrogen-bond donors (Lipinski definition) is 5. The van der Waals surface area contributed by atoms with E-state index in [2.05, 4.69) is 4.74 Å². The largest absolute Gasteiger partial charge is 0.464 e. The van der Waals surface area contributed by atoms with E-state index in [0.29, 0.717) is 45.9 Å².